The molecule has 0 aliphatic heterocycles. The van der Waals surface area contributed by atoms with Crippen LogP contribution >= 0.6 is 11.3 Å². The number of hydrogen-bond acceptors (Lipinski definition) is 4. The number of hydrogen-bond donors (Lipinski definition) is 1. The molecule has 21 heavy (non-hydrogen) atoms. The molecule has 0 saturated heterocycles. The third-order valence-corrected chi connectivity index (χ3v) is 6.02. The van der Waals surface area contributed by atoms with E-state index in [1.165, 1.54) is 4.31 Å². The molecule has 0 bridgehead atoms. The summed E-state index contributed by atoms with van der Waals surface area (Å²) < 4.78 is 26.6. The van der Waals surface area contributed by atoms with E-state index in [1.54, 1.807) is 36.6 Å². The topological polar surface area (TPSA) is 49.4 Å². The van der Waals surface area contributed by atoms with Gasteiger partial charge in [-0.1, -0.05) is 12.1 Å². The summed E-state index contributed by atoms with van der Waals surface area (Å²) in [5.41, 5.74) is 1.97. The third-order valence-electron chi connectivity index (χ3n) is 3.48. The summed E-state index contributed by atoms with van der Waals surface area (Å²) in [6, 6.07) is 9.15. The van der Waals surface area contributed by atoms with Gasteiger partial charge in [0.2, 0.25) is 10.0 Å². The van der Waals surface area contributed by atoms with Crippen molar-refractivity contribution in [2.45, 2.75) is 24.4 Å². The first-order chi connectivity index (χ1) is 9.95. The molecular formula is C15H20N2O2S2. The second kappa shape index (κ2) is 6.70. The lowest BCUT2D eigenvalue weighted by atomic mass is 10.1. The van der Waals surface area contributed by atoms with E-state index in [2.05, 4.69) is 5.32 Å². The van der Waals surface area contributed by atoms with E-state index in [0.29, 0.717) is 11.4 Å². The molecule has 1 aromatic heterocycles. The molecule has 1 N–H and O–H groups in total. The number of benzene rings is 1. The smallest absolute Gasteiger partial charge is 0.243 e. The first-order valence-corrected chi connectivity index (χ1v) is 9.08. The molecule has 0 spiro atoms. The van der Waals surface area contributed by atoms with Crippen LogP contribution in [0.3, 0.4) is 0 Å². The number of sulfonamides is 1. The van der Waals surface area contributed by atoms with Crippen molar-refractivity contribution < 1.29 is 8.42 Å². The van der Waals surface area contributed by atoms with Gasteiger partial charge in [0, 0.05) is 19.6 Å². The molecule has 0 fully saturated rings. The molecule has 0 aliphatic carbocycles. The maximum absolute atomic E-state index is 12.6. The monoisotopic (exact) mass is 324 g/mol. The van der Waals surface area contributed by atoms with Crippen molar-refractivity contribution in [2.24, 2.45) is 0 Å². The number of nitrogens with zero attached hydrogens (tertiary/aromatic N) is 1. The number of nitrogens with one attached hydrogen (secondary N) is 1. The zero-order chi connectivity index (χ0) is 15.5. The van der Waals surface area contributed by atoms with Gasteiger partial charge in [0.05, 0.1) is 4.90 Å². The maximum atomic E-state index is 12.6. The van der Waals surface area contributed by atoms with Gasteiger partial charge in [-0.25, -0.2) is 8.42 Å². The minimum absolute atomic E-state index is 0.113. The van der Waals surface area contributed by atoms with Crippen molar-refractivity contribution in [2.75, 3.05) is 14.1 Å². The quantitative estimate of drug-likeness (QED) is 0.889. The van der Waals surface area contributed by atoms with Gasteiger partial charge in [-0.15, -0.1) is 0 Å². The molecule has 1 unspecified atom stereocenters. The number of thiophene rings is 1. The van der Waals surface area contributed by atoms with Crippen molar-refractivity contribution in [3.63, 3.8) is 0 Å². The van der Waals surface area contributed by atoms with Gasteiger partial charge in [-0.2, -0.15) is 15.6 Å². The van der Waals surface area contributed by atoms with E-state index in [-0.39, 0.29) is 6.04 Å². The van der Waals surface area contributed by atoms with Gasteiger partial charge in [-0.05, 0) is 54.1 Å². The van der Waals surface area contributed by atoms with Crippen LogP contribution in [0.1, 0.15) is 24.1 Å². The fourth-order valence-corrected chi connectivity index (χ4v) is 3.89. The highest BCUT2D eigenvalue weighted by molar-refractivity contribution is 7.89. The molecule has 1 heterocycles. The Morgan fingerprint density at radius 3 is 2.71 bits per heavy atom. The van der Waals surface area contributed by atoms with Crippen molar-refractivity contribution >= 4 is 21.4 Å². The summed E-state index contributed by atoms with van der Waals surface area (Å²) in [4.78, 5) is 0.333. The van der Waals surface area contributed by atoms with Crippen molar-refractivity contribution in [3.8, 4) is 0 Å². The molecule has 1 atom stereocenters. The first-order valence-electron chi connectivity index (χ1n) is 6.70. The molecule has 4 nitrogen and oxygen atoms in total. The highest BCUT2D eigenvalue weighted by atomic mass is 32.2. The predicted molar refractivity (Wildman–Crippen MR) is 86.9 cm³/mol. The molecule has 114 valence electrons. The SMILES string of the molecule is CNC(C)c1cccc(S(=O)(=O)N(C)Cc2ccsc2)c1. The van der Waals surface area contributed by atoms with Crippen LogP contribution < -0.4 is 5.32 Å². The summed E-state index contributed by atoms with van der Waals surface area (Å²) >= 11 is 1.57. The lowest BCUT2D eigenvalue weighted by molar-refractivity contribution is 0.467. The highest BCUT2D eigenvalue weighted by Gasteiger charge is 2.21. The Morgan fingerprint density at radius 2 is 2.10 bits per heavy atom. The van der Waals surface area contributed by atoms with Crippen LogP contribution in [0, 0.1) is 0 Å². The van der Waals surface area contributed by atoms with Crippen LogP contribution in [0.2, 0.25) is 0 Å². The van der Waals surface area contributed by atoms with E-state index >= 15 is 0 Å². The molecule has 0 aliphatic rings. The molecular weight excluding hydrogens is 304 g/mol. The van der Waals surface area contributed by atoms with E-state index in [9.17, 15) is 8.42 Å². The summed E-state index contributed by atoms with van der Waals surface area (Å²) in [6.07, 6.45) is 0. The Bertz CT molecular complexity index is 681. The van der Waals surface area contributed by atoms with Gasteiger partial charge in [0.1, 0.15) is 0 Å². The molecule has 6 heteroatoms. The van der Waals surface area contributed by atoms with Gasteiger partial charge in [0.15, 0.2) is 0 Å². The summed E-state index contributed by atoms with van der Waals surface area (Å²) in [5.74, 6) is 0. The molecule has 0 amide bonds. The Labute approximate surface area is 130 Å². The normalized spacial score (nSPS) is 13.5. The zero-order valence-electron chi connectivity index (χ0n) is 12.4. The van der Waals surface area contributed by atoms with Crippen LogP contribution in [0.4, 0.5) is 0 Å². The van der Waals surface area contributed by atoms with Gasteiger partial charge in [-0.3, -0.25) is 0 Å². The minimum atomic E-state index is -3.47. The second-order valence-electron chi connectivity index (χ2n) is 4.98. The Kier molecular flexibility index (Phi) is 5.16. The lowest BCUT2D eigenvalue weighted by Crippen LogP contribution is -2.26. The maximum Gasteiger partial charge on any atom is 0.243 e. The molecule has 1 aromatic carbocycles. The molecule has 2 rings (SSSR count). The second-order valence-corrected chi connectivity index (χ2v) is 7.80. The van der Waals surface area contributed by atoms with E-state index in [4.69, 9.17) is 0 Å². The average molecular weight is 324 g/mol. The number of rotatable bonds is 6. The van der Waals surface area contributed by atoms with Crippen LogP contribution in [-0.2, 0) is 16.6 Å². The Morgan fingerprint density at radius 1 is 1.33 bits per heavy atom. The Balaban J connectivity index is 2.26. The molecule has 0 radical (unpaired) electrons. The van der Waals surface area contributed by atoms with Gasteiger partial charge >= 0.3 is 0 Å². The summed E-state index contributed by atoms with van der Waals surface area (Å²) in [7, 11) is -0.00116. The van der Waals surface area contributed by atoms with E-state index < -0.39 is 10.0 Å². The van der Waals surface area contributed by atoms with Crippen LogP contribution in [0.25, 0.3) is 0 Å². The minimum Gasteiger partial charge on any atom is -0.313 e. The third kappa shape index (κ3) is 3.71. The largest absolute Gasteiger partial charge is 0.313 e. The zero-order valence-corrected chi connectivity index (χ0v) is 14.0. The van der Waals surface area contributed by atoms with Crippen LogP contribution in [-0.4, -0.2) is 26.8 Å². The standard InChI is InChI=1S/C15H20N2O2S2/c1-12(16-2)14-5-4-6-15(9-14)21(18,19)17(3)10-13-7-8-20-11-13/h4-9,11-12,16H,10H2,1-3H3. The van der Waals surface area contributed by atoms with Gasteiger partial charge < -0.3 is 5.32 Å². The molecule has 2 aromatic rings. The first kappa shape index (κ1) is 16.2. The van der Waals surface area contributed by atoms with Crippen molar-refractivity contribution in [3.05, 3.63) is 52.2 Å². The lowest BCUT2D eigenvalue weighted by Gasteiger charge is -2.18. The van der Waals surface area contributed by atoms with Gasteiger partial charge in [0.25, 0.3) is 0 Å². The summed E-state index contributed by atoms with van der Waals surface area (Å²) in [5, 5.41) is 7.03. The summed E-state index contributed by atoms with van der Waals surface area (Å²) in [6.45, 7) is 2.39. The van der Waals surface area contributed by atoms with Crippen molar-refractivity contribution in [1.82, 2.24) is 9.62 Å². The Hall–Kier alpha value is -1.21. The van der Waals surface area contributed by atoms with E-state index in [0.717, 1.165) is 11.1 Å². The van der Waals surface area contributed by atoms with E-state index in [1.807, 2.05) is 36.9 Å². The fourth-order valence-electron chi connectivity index (χ4n) is 2.02. The predicted octanol–water partition coefficient (Wildman–Crippen LogP) is 2.85. The van der Waals surface area contributed by atoms with Crippen LogP contribution in [0.5, 0.6) is 0 Å². The van der Waals surface area contributed by atoms with Crippen molar-refractivity contribution in [1.29, 1.82) is 0 Å². The average Bonchev–Trinajstić information content (AvgIpc) is 2.99. The van der Waals surface area contributed by atoms with Crippen LogP contribution in [0.15, 0.2) is 46.0 Å². The highest BCUT2D eigenvalue weighted by Crippen LogP contribution is 2.21. The molecule has 0 saturated carbocycles. The fraction of sp³-hybridized carbons (Fsp3) is 0.333.